The zero-order valence-corrected chi connectivity index (χ0v) is 11.2. The molecule has 17 heavy (non-hydrogen) atoms. The molecule has 2 rings (SSSR count). The van der Waals surface area contributed by atoms with Gasteiger partial charge in [0.05, 0.1) is 0 Å². The molecule has 0 aliphatic heterocycles. The topological polar surface area (TPSA) is 24.9 Å². The highest BCUT2D eigenvalue weighted by Crippen LogP contribution is 2.56. The molecule has 2 nitrogen and oxygen atoms in total. The predicted molar refractivity (Wildman–Crippen MR) is 72.1 cm³/mol. The smallest absolute Gasteiger partial charge is 0.0441 e. The number of nitrogens with zero attached hydrogens (tertiary/aromatic N) is 1. The van der Waals surface area contributed by atoms with Crippen LogP contribution in [0.2, 0.25) is 0 Å². The number of hydrogen-bond acceptors (Lipinski definition) is 2. The second kappa shape index (κ2) is 5.18. The molecule has 1 aliphatic rings. The molecule has 1 fully saturated rings. The van der Waals surface area contributed by atoms with Gasteiger partial charge in [0.2, 0.25) is 0 Å². The summed E-state index contributed by atoms with van der Waals surface area (Å²) in [6.07, 6.45) is 5.64. The molecule has 0 amide bonds. The lowest BCUT2D eigenvalue weighted by atomic mass is 9.52. The van der Waals surface area contributed by atoms with Crippen molar-refractivity contribution < 1.29 is 0 Å². The molecule has 0 saturated heterocycles. The van der Waals surface area contributed by atoms with Gasteiger partial charge in [-0.05, 0) is 43.4 Å². The second-order valence-corrected chi connectivity index (χ2v) is 5.09. The van der Waals surface area contributed by atoms with Crippen molar-refractivity contribution in [3.63, 3.8) is 0 Å². The summed E-state index contributed by atoms with van der Waals surface area (Å²) in [5.74, 6) is 0.641. The molecule has 1 N–H and O–H groups in total. The Bertz CT molecular complexity index is 343. The summed E-state index contributed by atoms with van der Waals surface area (Å²) in [6.45, 7) is 7.91. The lowest BCUT2D eigenvalue weighted by Gasteiger charge is -2.56. The van der Waals surface area contributed by atoms with E-state index in [0.717, 1.165) is 6.54 Å². The molecule has 1 aliphatic carbocycles. The van der Waals surface area contributed by atoms with Crippen LogP contribution in [0.15, 0.2) is 24.4 Å². The highest BCUT2D eigenvalue weighted by Gasteiger charge is 2.52. The maximum Gasteiger partial charge on any atom is 0.0441 e. The van der Waals surface area contributed by atoms with Gasteiger partial charge in [0.15, 0.2) is 0 Å². The predicted octanol–water partition coefficient (Wildman–Crippen LogP) is 3.35. The third kappa shape index (κ3) is 1.99. The van der Waals surface area contributed by atoms with Crippen LogP contribution in [0.5, 0.6) is 0 Å². The first kappa shape index (κ1) is 12.6. The molecule has 94 valence electrons. The minimum absolute atomic E-state index is 0.421. The zero-order valence-electron chi connectivity index (χ0n) is 11.2. The SMILES string of the molecule is CCNC1CC(c2ccccn2)C1(CC)CC. The van der Waals surface area contributed by atoms with Gasteiger partial charge in [-0.2, -0.15) is 0 Å². The van der Waals surface area contributed by atoms with E-state index in [2.05, 4.69) is 43.2 Å². The largest absolute Gasteiger partial charge is 0.314 e. The fourth-order valence-corrected chi connectivity index (χ4v) is 3.55. The number of nitrogens with one attached hydrogen (secondary N) is 1. The Kier molecular flexibility index (Phi) is 3.82. The second-order valence-electron chi connectivity index (χ2n) is 5.09. The van der Waals surface area contributed by atoms with Gasteiger partial charge >= 0.3 is 0 Å². The van der Waals surface area contributed by atoms with E-state index in [9.17, 15) is 0 Å². The molecule has 2 unspecified atom stereocenters. The lowest BCUT2D eigenvalue weighted by molar-refractivity contribution is 0.0188. The summed E-state index contributed by atoms with van der Waals surface area (Å²) in [5.41, 5.74) is 1.70. The van der Waals surface area contributed by atoms with Gasteiger partial charge in [0.1, 0.15) is 0 Å². The van der Waals surface area contributed by atoms with Crippen molar-refractivity contribution in [1.29, 1.82) is 0 Å². The highest BCUT2D eigenvalue weighted by molar-refractivity contribution is 5.22. The fraction of sp³-hybridized carbons (Fsp3) is 0.667. The van der Waals surface area contributed by atoms with Gasteiger partial charge in [-0.25, -0.2) is 0 Å². The first-order valence-corrected chi connectivity index (χ1v) is 6.92. The van der Waals surface area contributed by atoms with E-state index in [4.69, 9.17) is 0 Å². The number of rotatable bonds is 5. The van der Waals surface area contributed by atoms with Gasteiger partial charge in [0.25, 0.3) is 0 Å². The van der Waals surface area contributed by atoms with E-state index in [1.165, 1.54) is 25.0 Å². The highest BCUT2D eigenvalue weighted by atomic mass is 15.0. The molecular formula is C15H24N2. The molecule has 2 heteroatoms. The average Bonchev–Trinajstić information content (AvgIpc) is 2.37. The van der Waals surface area contributed by atoms with Crippen LogP contribution in [-0.2, 0) is 0 Å². The molecular weight excluding hydrogens is 208 g/mol. The van der Waals surface area contributed by atoms with E-state index in [1.807, 2.05) is 12.3 Å². The van der Waals surface area contributed by atoms with E-state index in [-0.39, 0.29) is 0 Å². The van der Waals surface area contributed by atoms with Gasteiger partial charge in [-0.1, -0.05) is 26.8 Å². The summed E-state index contributed by atoms with van der Waals surface area (Å²) in [4.78, 5) is 4.56. The van der Waals surface area contributed by atoms with Crippen molar-refractivity contribution in [2.75, 3.05) is 6.54 Å². The Morgan fingerprint density at radius 2 is 2.06 bits per heavy atom. The Morgan fingerprint density at radius 3 is 2.59 bits per heavy atom. The van der Waals surface area contributed by atoms with Crippen LogP contribution < -0.4 is 5.32 Å². The Labute approximate surface area is 105 Å². The molecule has 1 saturated carbocycles. The van der Waals surface area contributed by atoms with Crippen LogP contribution in [0.1, 0.15) is 51.6 Å². The third-order valence-electron chi connectivity index (χ3n) is 4.67. The van der Waals surface area contributed by atoms with Crippen LogP contribution in [0.4, 0.5) is 0 Å². The molecule has 0 bridgehead atoms. The molecule has 1 aromatic heterocycles. The number of aromatic nitrogens is 1. The first-order chi connectivity index (χ1) is 8.28. The number of hydrogen-bond donors (Lipinski definition) is 1. The van der Waals surface area contributed by atoms with Crippen molar-refractivity contribution in [2.45, 2.75) is 52.0 Å². The van der Waals surface area contributed by atoms with Gasteiger partial charge in [-0.3, -0.25) is 4.98 Å². The summed E-state index contributed by atoms with van der Waals surface area (Å²) in [5, 5.41) is 3.65. The van der Waals surface area contributed by atoms with Crippen LogP contribution >= 0.6 is 0 Å². The minimum atomic E-state index is 0.421. The Hall–Kier alpha value is -0.890. The summed E-state index contributed by atoms with van der Waals surface area (Å²) in [6, 6.07) is 6.98. The maximum absolute atomic E-state index is 4.56. The van der Waals surface area contributed by atoms with Crippen LogP contribution in [0.25, 0.3) is 0 Å². The van der Waals surface area contributed by atoms with Crippen molar-refractivity contribution >= 4 is 0 Å². The molecule has 0 spiro atoms. The van der Waals surface area contributed by atoms with E-state index in [1.54, 1.807) is 0 Å². The van der Waals surface area contributed by atoms with Gasteiger partial charge in [0, 0.05) is 23.9 Å². The average molecular weight is 232 g/mol. The van der Waals surface area contributed by atoms with Gasteiger partial charge in [-0.15, -0.1) is 0 Å². The zero-order chi connectivity index (χ0) is 12.3. The van der Waals surface area contributed by atoms with E-state index >= 15 is 0 Å². The van der Waals surface area contributed by atoms with Crippen molar-refractivity contribution in [3.8, 4) is 0 Å². The van der Waals surface area contributed by atoms with Gasteiger partial charge < -0.3 is 5.32 Å². The standard InChI is InChI=1S/C15H24N2/c1-4-15(5-2)12(11-14(15)16-6-3)13-9-7-8-10-17-13/h7-10,12,14,16H,4-6,11H2,1-3H3. The Morgan fingerprint density at radius 1 is 1.29 bits per heavy atom. The fourth-order valence-electron chi connectivity index (χ4n) is 3.55. The summed E-state index contributed by atoms with van der Waals surface area (Å²) < 4.78 is 0. The van der Waals surface area contributed by atoms with Crippen molar-refractivity contribution in [3.05, 3.63) is 30.1 Å². The Balaban J connectivity index is 2.20. The molecule has 1 heterocycles. The molecule has 2 atom stereocenters. The van der Waals surface area contributed by atoms with Crippen LogP contribution in [-0.4, -0.2) is 17.6 Å². The minimum Gasteiger partial charge on any atom is -0.314 e. The summed E-state index contributed by atoms with van der Waals surface area (Å²) >= 11 is 0. The van der Waals surface area contributed by atoms with Crippen LogP contribution in [0.3, 0.4) is 0 Å². The van der Waals surface area contributed by atoms with E-state index in [0.29, 0.717) is 17.4 Å². The van der Waals surface area contributed by atoms with Crippen molar-refractivity contribution in [2.24, 2.45) is 5.41 Å². The maximum atomic E-state index is 4.56. The first-order valence-electron chi connectivity index (χ1n) is 6.92. The lowest BCUT2D eigenvalue weighted by Crippen LogP contribution is -2.58. The quantitative estimate of drug-likeness (QED) is 0.842. The molecule has 0 radical (unpaired) electrons. The normalized spacial score (nSPS) is 26.5. The molecule has 0 aromatic carbocycles. The number of pyridine rings is 1. The molecule has 1 aromatic rings. The van der Waals surface area contributed by atoms with Crippen LogP contribution in [0, 0.1) is 5.41 Å². The van der Waals surface area contributed by atoms with Crippen molar-refractivity contribution in [1.82, 2.24) is 10.3 Å². The monoisotopic (exact) mass is 232 g/mol. The van der Waals surface area contributed by atoms with E-state index < -0.39 is 0 Å². The third-order valence-corrected chi connectivity index (χ3v) is 4.67. The summed E-state index contributed by atoms with van der Waals surface area (Å²) in [7, 11) is 0.